The molecule has 0 heterocycles. The fourth-order valence-electron chi connectivity index (χ4n) is 0.684. The van der Waals surface area contributed by atoms with Gasteiger partial charge in [-0.3, -0.25) is 0 Å². The minimum absolute atomic E-state index is 0.109. The molecule has 0 bridgehead atoms. The van der Waals surface area contributed by atoms with Crippen LogP contribution in [0.25, 0.3) is 0 Å². The molecule has 0 aliphatic heterocycles. The van der Waals surface area contributed by atoms with Crippen molar-refractivity contribution in [3.05, 3.63) is 0 Å². The number of hydrogen-bond acceptors (Lipinski definition) is 2. The lowest BCUT2D eigenvalue weighted by atomic mass is 10.1. The summed E-state index contributed by atoms with van der Waals surface area (Å²) >= 11 is 4.84. The van der Waals surface area contributed by atoms with Crippen molar-refractivity contribution in [2.24, 2.45) is 5.92 Å². The van der Waals surface area contributed by atoms with Crippen molar-refractivity contribution >= 4 is 17.2 Å². The molecule has 1 atom stereocenters. The third-order valence-electron chi connectivity index (χ3n) is 1.39. The van der Waals surface area contributed by atoms with Crippen LogP contribution in [0.1, 0.15) is 20.8 Å². The molecule has 0 unspecified atom stereocenters. The highest BCUT2D eigenvalue weighted by molar-refractivity contribution is 7.80. The first-order valence-electron chi connectivity index (χ1n) is 3.46. The largest absolute Gasteiger partial charge is 0.394 e. The normalized spacial score (nSPS) is 13.3. The van der Waals surface area contributed by atoms with Gasteiger partial charge in [0, 0.05) is 0 Å². The van der Waals surface area contributed by atoms with Crippen molar-refractivity contribution < 1.29 is 5.11 Å². The summed E-state index contributed by atoms with van der Waals surface area (Å²) in [6.45, 7) is 6.06. The molecule has 2 nitrogen and oxygen atoms in total. The zero-order valence-electron chi connectivity index (χ0n) is 6.72. The topological polar surface area (TPSA) is 32.3 Å². The van der Waals surface area contributed by atoms with Crippen LogP contribution >= 0.6 is 12.2 Å². The van der Waals surface area contributed by atoms with Gasteiger partial charge in [-0.05, 0) is 12.8 Å². The number of aliphatic hydroxyl groups excluding tert-OH is 1. The van der Waals surface area contributed by atoms with E-state index >= 15 is 0 Å². The molecular weight excluding hydrogens is 146 g/mol. The smallest absolute Gasteiger partial charge is 0.0724 e. The quantitative estimate of drug-likeness (QED) is 0.604. The average molecular weight is 161 g/mol. The van der Waals surface area contributed by atoms with E-state index in [9.17, 15) is 0 Å². The monoisotopic (exact) mass is 161 g/mol. The van der Waals surface area contributed by atoms with Gasteiger partial charge in [0.05, 0.1) is 17.6 Å². The van der Waals surface area contributed by atoms with Crippen molar-refractivity contribution in [3.63, 3.8) is 0 Å². The van der Waals surface area contributed by atoms with Crippen molar-refractivity contribution in [1.82, 2.24) is 5.32 Å². The van der Waals surface area contributed by atoms with Gasteiger partial charge in [-0.15, -0.1) is 0 Å². The van der Waals surface area contributed by atoms with E-state index < -0.39 is 0 Å². The first kappa shape index (κ1) is 9.85. The van der Waals surface area contributed by atoms with Gasteiger partial charge in [-0.1, -0.05) is 26.1 Å². The van der Waals surface area contributed by atoms with Crippen LogP contribution < -0.4 is 5.32 Å². The Labute approximate surface area is 67.6 Å². The third kappa shape index (κ3) is 3.80. The molecule has 0 amide bonds. The summed E-state index contributed by atoms with van der Waals surface area (Å²) in [6.07, 6.45) is 0. The van der Waals surface area contributed by atoms with Crippen molar-refractivity contribution in [2.45, 2.75) is 26.8 Å². The van der Waals surface area contributed by atoms with Crippen LogP contribution in [-0.2, 0) is 0 Å². The Balaban J connectivity index is 3.71. The van der Waals surface area contributed by atoms with Gasteiger partial charge in [-0.2, -0.15) is 0 Å². The van der Waals surface area contributed by atoms with Crippen LogP contribution in [0.4, 0.5) is 0 Å². The SMILES string of the molecule is CC(=S)N[C@H](CO)C(C)C. The predicted molar refractivity (Wildman–Crippen MR) is 47.1 cm³/mol. The fraction of sp³-hybridized carbons (Fsp3) is 0.857. The number of rotatable bonds is 3. The van der Waals surface area contributed by atoms with Crippen molar-refractivity contribution in [3.8, 4) is 0 Å². The fourth-order valence-corrected chi connectivity index (χ4v) is 0.836. The first-order valence-corrected chi connectivity index (χ1v) is 3.86. The second-order valence-electron chi connectivity index (χ2n) is 2.73. The van der Waals surface area contributed by atoms with E-state index in [1.54, 1.807) is 0 Å². The molecule has 0 aromatic heterocycles. The molecule has 0 spiro atoms. The molecule has 0 rings (SSSR count). The predicted octanol–water partition coefficient (Wildman–Crippen LogP) is 0.940. The van der Waals surface area contributed by atoms with Gasteiger partial charge in [0.15, 0.2) is 0 Å². The lowest BCUT2D eigenvalue weighted by molar-refractivity contribution is 0.226. The van der Waals surface area contributed by atoms with E-state index in [0.717, 1.165) is 4.99 Å². The summed E-state index contributed by atoms with van der Waals surface area (Å²) in [4.78, 5) is 0.743. The van der Waals surface area contributed by atoms with E-state index in [1.807, 2.05) is 20.8 Å². The molecule has 0 saturated heterocycles. The van der Waals surface area contributed by atoms with Crippen molar-refractivity contribution in [2.75, 3.05) is 6.61 Å². The van der Waals surface area contributed by atoms with Crippen LogP contribution in [-0.4, -0.2) is 22.7 Å². The average Bonchev–Trinajstić information content (AvgIpc) is 1.81. The highest BCUT2D eigenvalue weighted by Gasteiger charge is 2.10. The molecule has 60 valence electrons. The highest BCUT2D eigenvalue weighted by Crippen LogP contribution is 1.99. The first-order chi connectivity index (χ1) is 4.57. The summed E-state index contributed by atoms with van der Waals surface area (Å²) in [5.41, 5.74) is 0. The van der Waals surface area contributed by atoms with Gasteiger partial charge in [0.25, 0.3) is 0 Å². The molecule has 0 aromatic rings. The van der Waals surface area contributed by atoms with E-state index in [0.29, 0.717) is 5.92 Å². The zero-order valence-corrected chi connectivity index (χ0v) is 7.53. The van der Waals surface area contributed by atoms with Gasteiger partial charge in [0.2, 0.25) is 0 Å². The van der Waals surface area contributed by atoms with Crippen LogP contribution in [0.3, 0.4) is 0 Å². The van der Waals surface area contributed by atoms with E-state index in [1.165, 1.54) is 0 Å². The van der Waals surface area contributed by atoms with Crippen LogP contribution in [0.15, 0.2) is 0 Å². The lowest BCUT2D eigenvalue weighted by Gasteiger charge is -2.19. The Morgan fingerprint density at radius 1 is 1.60 bits per heavy atom. The summed E-state index contributed by atoms with van der Waals surface area (Å²) in [6, 6.07) is 0.109. The molecule has 2 N–H and O–H groups in total. The number of hydrogen-bond donors (Lipinski definition) is 2. The van der Waals surface area contributed by atoms with Gasteiger partial charge < -0.3 is 10.4 Å². The summed E-state index contributed by atoms with van der Waals surface area (Å²) in [5.74, 6) is 0.419. The minimum Gasteiger partial charge on any atom is -0.394 e. The maximum Gasteiger partial charge on any atom is 0.0724 e. The molecular formula is C7H15NOS. The van der Waals surface area contributed by atoms with Gasteiger partial charge >= 0.3 is 0 Å². The standard InChI is InChI=1S/C7H15NOS/c1-5(2)7(4-9)8-6(3)10/h5,7,9H,4H2,1-3H3,(H,8,10)/t7-/m1/s1. The Kier molecular flexibility index (Phi) is 4.56. The summed E-state index contributed by atoms with van der Waals surface area (Å²) in [5, 5.41) is 11.8. The maximum atomic E-state index is 8.82. The summed E-state index contributed by atoms with van der Waals surface area (Å²) < 4.78 is 0. The molecule has 0 aliphatic carbocycles. The highest BCUT2D eigenvalue weighted by atomic mass is 32.1. The Morgan fingerprint density at radius 3 is 2.20 bits per heavy atom. The van der Waals surface area contributed by atoms with Crippen molar-refractivity contribution in [1.29, 1.82) is 0 Å². The zero-order chi connectivity index (χ0) is 8.15. The van der Waals surface area contributed by atoms with Crippen LogP contribution in [0, 0.1) is 5.92 Å². The van der Waals surface area contributed by atoms with E-state index in [-0.39, 0.29) is 12.6 Å². The van der Waals surface area contributed by atoms with Crippen LogP contribution in [0.2, 0.25) is 0 Å². The third-order valence-corrected chi connectivity index (χ3v) is 1.51. The lowest BCUT2D eigenvalue weighted by Crippen LogP contribution is -2.39. The van der Waals surface area contributed by atoms with E-state index in [4.69, 9.17) is 17.3 Å². The Morgan fingerprint density at radius 2 is 2.10 bits per heavy atom. The molecule has 3 heteroatoms. The van der Waals surface area contributed by atoms with E-state index in [2.05, 4.69) is 5.32 Å². The maximum absolute atomic E-state index is 8.82. The van der Waals surface area contributed by atoms with Gasteiger partial charge in [-0.25, -0.2) is 0 Å². The Bertz CT molecular complexity index is 114. The number of thiocarbonyl (C=S) groups is 1. The second-order valence-corrected chi connectivity index (χ2v) is 3.35. The molecule has 0 aliphatic rings. The molecule has 0 fully saturated rings. The van der Waals surface area contributed by atoms with Gasteiger partial charge in [0.1, 0.15) is 0 Å². The second kappa shape index (κ2) is 4.63. The molecule has 10 heavy (non-hydrogen) atoms. The molecule has 0 saturated carbocycles. The molecule has 0 radical (unpaired) electrons. The Hall–Kier alpha value is -0.150. The minimum atomic E-state index is 0.109. The number of nitrogens with one attached hydrogen (secondary N) is 1. The van der Waals surface area contributed by atoms with Crippen LogP contribution in [0.5, 0.6) is 0 Å². The number of aliphatic hydroxyl groups is 1. The summed E-state index contributed by atoms with van der Waals surface area (Å²) in [7, 11) is 0. The molecule has 0 aromatic carbocycles.